The topological polar surface area (TPSA) is 57.9 Å². The van der Waals surface area contributed by atoms with Crippen LogP contribution in [0.2, 0.25) is 0 Å². The van der Waals surface area contributed by atoms with Gasteiger partial charge in [-0.3, -0.25) is 0 Å². The molecule has 0 aliphatic carbocycles. The van der Waals surface area contributed by atoms with E-state index < -0.39 is 29.9 Å². The van der Waals surface area contributed by atoms with E-state index in [0.29, 0.717) is 5.58 Å². The van der Waals surface area contributed by atoms with Crippen molar-refractivity contribution in [2.75, 3.05) is 0 Å². The van der Waals surface area contributed by atoms with E-state index in [1.807, 2.05) is 66.7 Å². The summed E-state index contributed by atoms with van der Waals surface area (Å²) < 4.78 is 23.1. The SMILES string of the molecule is CC(C)(C)OC(=O)c1cc2cc(B3OC(C)(C)C(C)(C)O3)ccc2o1. The predicted molar refractivity (Wildman–Crippen MR) is 97.1 cm³/mol. The van der Waals surface area contributed by atoms with Gasteiger partial charge in [0.25, 0.3) is 0 Å². The number of hydrogen-bond acceptors (Lipinski definition) is 5. The van der Waals surface area contributed by atoms with Crippen LogP contribution in [0.1, 0.15) is 59.0 Å². The summed E-state index contributed by atoms with van der Waals surface area (Å²) in [6, 6.07) is 7.34. The highest BCUT2D eigenvalue weighted by atomic mass is 16.7. The Bertz CT molecular complexity index is 797. The summed E-state index contributed by atoms with van der Waals surface area (Å²) in [6.45, 7) is 13.5. The number of ether oxygens (including phenoxy) is 1. The van der Waals surface area contributed by atoms with Crippen molar-refractivity contribution >= 4 is 29.5 Å². The molecular weight excluding hydrogens is 319 g/mol. The molecule has 6 heteroatoms. The molecule has 1 aromatic heterocycles. The van der Waals surface area contributed by atoms with Gasteiger partial charge in [0.2, 0.25) is 5.76 Å². The number of carbonyl (C=O) groups is 1. The number of rotatable bonds is 2. The number of esters is 1. The van der Waals surface area contributed by atoms with Crippen LogP contribution in [0.25, 0.3) is 11.0 Å². The number of hydrogen-bond donors (Lipinski definition) is 0. The molecule has 1 fully saturated rings. The summed E-state index contributed by atoms with van der Waals surface area (Å²) in [5, 5.41) is 0.813. The van der Waals surface area contributed by atoms with Crippen molar-refractivity contribution in [3.05, 3.63) is 30.0 Å². The van der Waals surface area contributed by atoms with Crippen LogP contribution >= 0.6 is 0 Å². The number of furan rings is 1. The van der Waals surface area contributed by atoms with Crippen molar-refractivity contribution in [3.63, 3.8) is 0 Å². The van der Waals surface area contributed by atoms with E-state index in [9.17, 15) is 4.79 Å². The Labute approximate surface area is 148 Å². The standard InChI is InChI=1S/C19H25BO5/c1-17(2,3)23-16(21)15-11-12-10-13(8-9-14(12)22-15)20-24-18(4,5)19(6,7)25-20/h8-11H,1-7H3. The Hall–Kier alpha value is -1.79. The van der Waals surface area contributed by atoms with Gasteiger partial charge >= 0.3 is 13.1 Å². The normalized spacial score (nSPS) is 19.4. The Morgan fingerprint density at radius 3 is 2.20 bits per heavy atom. The summed E-state index contributed by atoms with van der Waals surface area (Å²) in [5.74, 6) is -0.281. The average Bonchev–Trinajstić information content (AvgIpc) is 2.95. The molecule has 0 atom stereocenters. The maximum absolute atomic E-state index is 12.2. The molecule has 0 amide bonds. The van der Waals surface area contributed by atoms with E-state index in [-0.39, 0.29) is 5.76 Å². The van der Waals surface area contributed by atoms with Gasteiger partial charge in [0, 0.05) is 5.39 Å². The summed E-state index contributed by atoms with van der Waals surface area (Å²) in [4.78, 5) is 12.2. The molecule has 0 spiro atoms. The Balaban J connectivity index is 1.88. The van der Waals surface area contributed by atoms with Crippen LogP contribution in [-0.4, -0.2) is 29.9 Å². The van der Waals surface area contributed by atoms with Gasteiger partial charge in [0.15, 0.2) is 0 Å². The second-order valence-electron chi connectivity index (χ2n) is 8.50. The number of benzene rings is 1. The minimum atomic E-state index is -0.566. The highest BCUT2D eigenvalue weighted by Gasteiger charge is 2.51. The second-order valence-corrected chi connectivity index (χ2v) is 8.50. The molecule has 1 aromatic carbocycles. The lowest BCUT2D eigenvalue weighted by molar-refractivity contribution is 0.00381. The minimum Gasteiger partial charge on any atom is -0.454 e. The molecule has 0 bridgehead atoms. The Morgan fingerprint density at radius 1 is 1.04 bits per heavy atom. The van der Waals surface area contributed by atoms with Crippen LogP contribution in [0.4, 0.5) is 0 Å². The first-order valence-corrected chi connectivity index (χ1v) is 8.50. The lowest BCUT2D eigenvalue weighted by Gasteiger charge is -2.32. The molecule has 2 heterocycles. The molecule has 134 valence electrons. The van der Waals surface area contributed by atoms with Crippen LogP contribution in [0, 0.1) is 0 Å². The fraction of sp³-hybridized carbons (Fsp3) is 0.526. The molecular formula is C19H25BO5. The van der Waals surface area contributed by atoms with Crippen LogP contribution in [-0.2, 0) is 14.0 Å². The lowest BCUT2D eigenvalue weighted by atomic mass is 9.79. The zero-order valence-corrected chi connectivity index (χ0v) is 15.9. The van der Waals surface area contributed by atoms with Crippen molar-refractivity contribution in [1.29, 1.82) is 0 Å². The molecule has 25 heavy (non-hydrogen) atoms. The van der Waals surface area contributed by atoms with E-state index in [4.69, 9.17) is 18.5 Å². The molecule has 1 aliphatic heterocycles. The van der Waals surface area contributed by atoms with Gasteiger partial charge in [-0.05, 0) is 66.1 Å². The van der Waals surface area contributed by atoms with Crippen molar-refractivity contribution in [3.8, 4) is 0 Å². The van der Waals surface area contributed by atoms with Gasteiger partial charge in [-0.25, -0.2) is 4.79 Å². The number of fused-ring (bicyclic) bond motifs is 1. The lowest BCUT2D eigenvalue weighted by Crippen LogP contribution is -2.41. The van der Waals surface area contributed by atoms with Crippen LogP contribution in [0.3, 0.4) is 0 Å². The van der Waals surface area contributed by atoms with E-state index in [0.717, 1.165) is 10.8 Å². The van der Waals surface area contributed by atoms with Crippen LogP contribution in [0.15, 0.2) is 28.7 Å². The smallest absolute Gasteiger partial charge is 0.454 e. The molecule has 0 radical (unpaired) electrons. The third-order valence-corrected chi connectivity index (χ3v) is 4.67. The Morgan fingerprint density at radius 2 is 1.64 bits per heavy atom. The van der Waals surface area contributed by atoms with E-state index in [2.05, 4.69) is 0 Å². The highest BCUT2D eigenvalue weighted by molar-refractivity contribution is 6.62. The quantitative estimate of drug-likeness (QED) is 0.614. The van der Waals surface area contributed by atoms with Gasteiger partial charge in [0.1, 0.15) is 11.2 Å². The first-order chi connectivity index (χ1) is 11.4. The zero-order valence-electron chi connectivity index (χ0n) is 15.9. The highest BCUT2D eigenvalue weighted by Crippen LogP contribution is 2.36. The maximum Gasteiger partial charge on any atom is 0.494 e. The zero-order chi connectivity index (χ0) is 18.6. The monoisotopic (exact) mass is 344 g/mol. The summed E-state index contributed by atoms with van der Waals surface area (Å²) in [5.41, 5.74) is 0.156. The van der Waals surface area contributed by atoms with E-state index in [1.54, 1.807) is 6.07 Å². The fourth-order valence-corrected chi connectivity index (χ4v) is 2.62. The molecule has 5 nitrogen and oxygen atoms in total. The fourth-order valence-electron chi connectivity index (χ4n) is 2.62. The molecule has 1 saturated heterocycles. The predicted octanol–water partition coefficient (Wildman–Crippen LogP) is 3.69. The van der Waals surface area contributed by atoms with Crippen molar-refractivity contribution in [2.45, 2.75) is 65.3 Å². The molecule has 0 unspecified atom stereocenters. The molecule has 0 saturated carbocycles. The summed E-state index contributed by atoms with van der Waals surface area (Å²) >= 11 is 0. The van der Waals surface area contributed by atoms with Crippen molar-refractivity contribution in [2.24, 2.45) is 0 Å². The van der Waals surface area contributed by atoms with E-state index in [1.165, 1.54) is 0 Å². The van der Waals surface area contributed by atoms with Crippen LogP contribution in [0.5, 0.6) is 0 Å². The summed E-state index contributed by atoms with van der Waals surface area (Å²) in [7, 11) is -0.450. The second kappa shape index (κ2) is 5.61. The largest absolute Gasteiger partial charge is 0.494 e. The first-order valence-electron chi connectivity index (χ1n) is 8.50. The van der Waals surface area contributed by atoms with Gasteiger partial charge in [-0.2, -0.15) is 0 Å². The van der Waals surface area contributed by atoms with Crippen molar-refractivity contribution < 1.29 is 23.3 Å². The van der Waals surface area contributed by atoms with E-state index >= 15 is 0 Å². The molecule has 0 N–H and O–H groups in total. The average molecular weight is 344 g/mol. The first kappa shape index (κ1) is 18.0. The Kier molecular flexibility index (Phi) is 4.04. The van der Waals surface area contributed by atoms with Gasteiger partial charge in [-0.1, -0.05) is 12.1 Å². The van der Waals surface area contributed by atoms with Gasteiger partial charge in [0.05, 0.1) is 11.2 Å². The van der Waals surface area contributed by atoms with Crippen LogP contribution < -0.4 is 5.46 Å². The summed E-state index contributed by atoms with van der Waals surface area (Å²) in [6.07, 6.45) is 0. The minimum absolute atomic E-state index is 0.191. The number of carbonyl (C=O) groups excluding carboxylic acids is 1. The molecule has 2 aromatic rings. The van der Waals surface area contributed by atoms with Gasteiger partial charge < -0.3 is 18.5 Å². The molecule has 1 aliphatic rings. The molecule has 3 rings (SSSR count). The third-order valence-electron chi connectivity index (χ3n) is 4.67. The third kappa shape index (κ3) is 3.46. The maximum atomic E-state index is 12.2. The van der Waals surface area contributed by atoms with Gasteiger partial charge in [-0.15, -0.1) is 0 Å². The van der Waals surface area contributed by atoms with Crippen molar-refractivity contribution in [1.82, 2.24) is 0 Å².